The summed E-state index contributed by atoms with van der Waals surface area (Å²) in [4.78, 5) is 12.3. The van der Waals surface area contributed by atoms with E-state index in [0.717, 1.165) is 30.3 Å². The van der Waals surface area contributed by atoms with Gasteiger partial charge in [0.2, 0.25) is 0 Å². The number of carbonyl (C=O) groups is 1. The van der Waals surface area contributed by atoms with Crippen LogP contribution in [0.5, 0.6) is 0 Å². The molecular formula is C21H17ClF3N3O2S. The lowest BCUT2D eigenvalue weighted by molar-refractivity contribution is -0.137. The molecule has 0 radical (unpaired) electrons. The van der Waals surface area contributed by atoms with Crippen LogP contribution in [-0.4, -0.2) is 11.0 Å². The Hall–Kier alpha value is -3.04. The summed E-state index contributed by atoms with van der Waals surface area (Å²) in [6.45, 7) is 2.05. The number of hydrogen-bond donors (Lipinski definition) is 3. The third-order valence-corrected chi connectivity index (χ3v) is 4.83. The molecule has 0 unspecified atom stereocenters. The zero-order valence-electron chi connectivity index (χ0n) is 16.1. The number of amides is 1. The number of anilines is 1. The number of halogens is 4. The van der Waals surface area contributed by atoms with Crippen molar-refractivity contribution in [2.75, 3.05) is 5.32 Å². The summed E-state index contributed by atoms with van der Waals surface area (Å²) >= 11 is 11.1. The van der Waals surface area contributed by atoms with Gasteiger partial charge in [0.05, 0.1) is 10.6 Å². The summed E-state index contributed by atoms with van der Waals surface area (Å²) in [5.41, 5.74) is 5.95. The minimum absolute atomic E-state index is 0.0243. The van der Waals surface area contributed by atoms with Gasteiger partial charge in [0.25, 0.3) is 0 Å². The van der Waals surface area contributed by atoms with E-state index in [1.165, 1.54) is 17.7 Å². The van der Waals surface area contributed by atoms with Crippen molar-refractivity contribution in [2.24, 2.45) is 0 Å². The second-order valence-electron chi connectivity index (χ2n) is 6.44. The summed E-state index contributed by atoms with van der Waals surface area (Å²) < 4.78 is 44.3. The van der Waals surface area contributed by atoms with Crippen LogP contribution >= 0.6 is 23.8 Å². The SMILES string of the molecule is CCc1ccc(NC(=S)NNC(=O)c2ccc(-c3cc(C(F)(F)F)ccc3Cl)o2)cc1. The maximum atomic E-state index is 13.0. The predicted molar refractivity (Wildman–Crippen MR) is 117 cm³/mol. The van der Waals surface area contributed by atoms with E-state index in [1.54, 1.807) is 0 Å². The first-order valence-corrected chi connectivity index (χ1v) is 9.89. The highest BCUT2D eigenvalue weighted by Crippen LogP contribution is 2.36. The van der Waals surface area contributed by atoms with E-state index in [4.69, 9.17) is 28.2 Å². The highest BCUT2D eigenvalue weighted by atomic mass is 35.5. The molecule has 1 heterocycles. The van der Waals surface area contributed by atoms with Crippen LogP contribution in [0.15, 0.2) is 59.0 Å². The third kappa shape index (κ3) is 5.77. The molecule has 0 bridgehead atoms. The summed E-state index contributed by atoms with van der Waals surface area (Å²) in [5.74, 6) is -0.774. The smallest absolute Gasteiger partial charge is 0.416 e. The lowest BCUT2D eigenvalue weighted by Gasteiger charge is -2.11. The highest BCUT2D eigenvalue weighted by molar-refractivity contribution is 7.80. The first-order chi connectivity index (χ1) is 14.7. The Morgan fingerprint density at radius 2 is 1.77 bits per heavy atom. The molecule has 0 atom stereocenters. The van der Waals surface area contributed by atoms with Crippen molar-refractivity contribution in [3.05, 3.63) is 76.5 Å². The van der Waals surface area contributed by atoms with Crippen molar-refractivity contribution in [2.45, 2.75) is 19.5 Å². The quantitative estimate of drug-likeness (QED) is 0.333. The molecule has 1 amide bonds. The fourth-order valence-corrected chi connectivity index (χ4v) is 3.04. The molecule has 0 spiro atoms. The molecule has 0 aliphatic rings. The van der Waals surface area contributed by atoms with Gasteiger partial charge in [0.1, 0.15) is 5.76 Å². The molecule has 5 nitrogen and oxygen atoms in total. The summed E-state index contributed by atoms with van der Waals surface area (Å²) in [7, 11) is 0. The molecule has 0 aliphatic carbocycles. The summed E-state index contributed by atoms with van der Waals surface area (Å²) in [6, 6.07) is 13.2. The number of alkyl halides is 3. The Morgan fingerprint density at radius 1 is 1.06 bits per heavy atom. The van der Waals surface area contributed by atoms with Crippen LogP contribution in [0.4, 0.5) is 18.9 Å². The molecule has 3 N–H and O–H groups in total. The molecule has 1 aromatic heterocycles. The maximum Gasteiger partial charge on any atom is 0.416 e. The van der Waals surface area contributed by atoms with Gasteiger partial charge in [-0.2, -0.15) is 13.2 Å². The number of carbonyl (C=O) groups excluding carboxylic acids is 1. The number of hydrazine groups is 1. The van der Waals surface area contributed by atoms with Gasteiger partial charge in [-0.05, 0) is 66.7 Å². The van der Waals surface area contributed by atoms with Gasteiger partial charge in [-0.1, -0.05) is 30.7 Å². The van der Waals surface area contributed by atoms with E-state index < -0.39 is 17.6 Å². The Labute approximate surface area is 186 Å². The zero-order chi connectivity index (χ0) is 22.6. The van der Waals surface area contributed by atoms with Crippen molar-refractivity contribution < 1.29 is 22.4 Å². The minimum atomic E-state index is -4.53. The van der Waals surface area contributed by atoms with E-state index in [9.17, 15) is 18.0 Å². The van der Waals surface area contributed by atoms with Crippen molar-refractivity contribution in [1.82, 2.24) is 10.9 Å². The fourth-order valence-electron chi connectivity index (χ4n) is 2.66. The Balaban J connectivity index is 1.63. The van der Waals surface area contributed by atoms with E-state index in [-0.39, 0.29) is 27.2 Å². The van der Waals surface area contributed by atoms with Crippen molar-refractivity contribution in [1.29, 1.82) is 0 Å². The van der Waals surface area contributed by atoms with Crippen LogP contribution in [0.25, 0.3) is 11.3 Å². The highest BCUT2D eigenvalue weighted by Gasteiger charge is 2.31. The molecule has 31 heavy (non-hydrogen) atoms. The zero-order valence-corrected chi connectivity index (χ0v) is 17.7. The number of nitrogens with one attached hydrogen (secondary N) is 3. The van der Waals surface area contributed by atoms with Crippen molar-refractivity contribution >= 4 is 40.5 Å². The molecule has 0 aliphatic heterocycles. The minimum Gasteiger partial charge on any atom is -0.451 e. The van der Waals surface area contributed by atoms with Gasteiger partial charge in [-0.15, -0.1) is 0 Å². The second kappa shape index (κ2) is 9.40. The van der Waals surface area contributed by atoms with E-state index in [0.29, 0.717) is 0 Å². The number of thiocarbonyl (C=S) groups is 1. The first kappa shape index (κ1) is 22.6. The number of hydrogen-bond acceptors (Lipinski definition) is 3. The molecule has 0 saturated carbocycles. The van der Waals surface area contributed by atoms with Gasteiger partial charge < -0.3 is 9.73 Å². The van der Waals surface area contributed by atoms with Gasteiger partial charge >= 0.3 is 12.1 Å². The molecule has 3 aromatic rings. The normalized spacial score (nSPS) is 11.1. The van der Waals surface area contributed by atoms with E-state index in [2.05, 4.69) is 16.2 Å². The summed E-state index contributed by atoms with van der Waals surface area (Å²) in [5, 5.41) is 3.12. The van der Waals surface area contributed by atoms with Crippen LogP contribution in [0.3, 0.4) is 0 Å². The average Bonchev–Trinajstić information content (AvgIpc) is 3.22. The number of benzene rings is 2. The lowest BCUT2D eigenvalue weighted by Crippen LogP contribution is -2.43. The third-order valence-electron chi connectivity index (χ3n) is 4.30. The monoisotopic (exact) mass is 467 g/mol. The van der Waals surface area contributed by atoms with Gasteiger partial charge in [-0.25, -0.2) is 0 Å². The van der Waals surface area contributed by atoms with Crippen LogP contribution < -0.4 is 16.2 Å². The standard InChI is InChI=1S/C21H17ClF3N3O2S/c1-2-12-3-6-14(7-4-12)26-20(31)28-27-19(29)18-10-9-17(30-18)15-11-13(21(23,24)25)5-8-16(15)22/h3-11H,2H2,1H3,(H,27,29)(H2,26,28,31). The predicted octanol–water partition coefficient (Wildman–Crippen LogP) is 5.81. The second-order valence-corrected chi connectivity index (χ2v) is 7.26. The average molecular weight is 468 g/mol. The van der Waals surface area contributed by atoms with Gasteiger partial charge in [0.15, 0.2) is 10.9 Å². The molecule has 0 fully saturated rings. The van der Waals surface area contributed by atoms with Crippen LogP contribution in [-0.2, 0) is 12.6 Å². The number of rotatable bonds is 4. The fraction of sp³-hybridized carbons (Fsp3) is 0.143. The van der Waals surface area contributed by atoms with Crippen LogP contribution in [0, 0.1) is 0 Å². The summed E-state index contributed by atoms with van der Waals surface area (Å²) in [6.07, 6.45) is -3.62. The largest absolute Gasteiger partial charge is 0.451 e. The molecule has 3 rings (SSSR count). The maximum absolute atomic E-state index is 13.0. The Bertz CT molecular complexity index is 1100. The molecule has 162 valence electrons. The topological polar surface area (TPSA) is 66.3 Å². The van der Waals surface area contributed by atoms with Crippen LogP contribution in [0.2, 0.25) is 5.02 Å². The number of aryl methyl sites for hydroxylation is 1. The Kier molecular flexibility index (Phi) is 6.87. The van der Waals surface area contributed by atoms with Crippen molar-refractivity contribution in [3.8, 4) is 11.3 Å². The van der Waals surface area contributed by atoms with E-state index in [1.807, 2.05) is 31.2 Å². The lowest BCUT2D eigenvalue weighted by atomic mass is 10.1. The molecule has 0 saturated heterocycles. The first-order valence-electron chi connectivity index (χ1n) is 9.10. The molecular weight excluding hydrogens is 451 g/mol. The molecule has 2 aromatic carbocycles. The van der Waals surface area contributed by atoms with Gasteiger partial charge in [0, 0.05) is 11.3 Å². The molecule has 10 heteroatoms. The number of furan rings is 1. The van der Waals surface area contributed by atoms with E-state index >= 15 is 0 Å². The van der Waals surface area contributed by atoms with Crippen molar-refractivity contribution in [3.63, 3.8) is 0 Å². The van der Waals surface area contributed by atoms with Crippen LogP contribution in [0.1, 0.15) is 28.6 Å². The van der Waals surface area contributed by atoms with Gasteiger partial charge in [-0.3, -0.25) is 15.6 Å². The Morgan fingerprint density at radius 3 is 2.42 bits per heavy atom.